The van der Waals surface area contributed by atoms with E-state index in [0.29, 0.717) is 11.9 Å². The summed E-state index contributed by atoms with van der Waals surface area (Å²) in [7, 11) is -3.57. The number of nitrogens with zero attached hydrogens (tertiary/aromatic N) is 2. The Morgan fingerprint density at radius 3 is 2.44 bits per heavy atom. The Bertz CT molecular complexity index is 1160. The van der Waals surface area contributed by atoms with Gasteiger partial charge in [0.25, 0.3) is 0 Å². The summed E-state index contributed by atoms with van der Waals surface area (Å²) in [5.41, 5.74) is 2.48. The van der Waals surface area contributed by atoms with Gasteiger partial charge in [-0.05, 0) is 50.2 Å². The molecule has 3 rings (SSSR count). The molecule has 172 valence electrons. The first kappa shape index (κ1) is 24.0. The summed E-state index contributed by atoms with van der Waals surface area (Å²) in [5.74, 6) is -0.182. The van der Waals surface area contributed by atoms with Crippen LogP contribution in [-0.2, 0) is 26.9 Å². The van der Waals surface area contributed by atoms with E-state index in [9.17, 15) is 13.2 Å². The molecule has 0 bridgehead atoms. The first-order valence-corrected chi connectivity index (χ1v) is 12.8. The lowest BCUT2D eigenvalue weighted by molar-refractivity contribution is -0.121. The van der Waals surface area contributed by atoms with Crippen LogP contribution >= 0.6 is 0 Å². The Labute approximate surface area is 191 Å². The van der Waals surface area contributed by atoms with Gasteiger partial charge in [-0.25, -0.2) is 8.42 Å². The predicted octanol–water partition coefficient (Wildman–Crippen LogP) is 3.77. The Kier molecular flexibility index (Phi) is 8.10. The number of sulfone groups is 1. The lowest BCUT2D eigenvalue weighted by Crippen LogP contribution is -2.31. The van der Waals surface area contributed by atoms with Gasteiger partial charge in [0.2, 0.25) is 5.91 Å². The third-order valence-electron chi connectivity index (χ3n) is 5.88. The molecule has 1 aromatic heterocycles. The van der Waals surface area contributed by atoms with Gasteiger partial charge in [-0.3, -0.25) is 4.79 Å². The average molecular weight is 456 g/mol. The van der Waals surface area contributed by atoms with Crippen molar-refractivity contribution in [1.29, 1.82) is 0 Å². The summed E-state index contributed by atoms with van der Waals surface area (Å²) >= 11 is 0. The lowest BCUT2D eigenvalue weighted by Gasteiger charge is -2.17. The van der Waals surface area contributed by atoms with Gasteiger partial charge in [0, 0.05) is 23.6 Å². The fourth-order valence-electron chi connectivity index (χ4n) is 3.93. The quantitative estimate of drug-likeness (QED) is 0.447. The first-order chi connectivity index (χ1) is 15.4. The number of hydrogen-bond donors (Lipinski definition) is 1. The van der Waals surface area contributed by atoms with E-state index in [1.165, 1.54) is 0 Å². The molecule has 0 aliphatic carbocycles. The molecule has 1 heterocycles. The summed E-state index contributed by atoms with van der Waals surface area (Å²) in [4.78, 5) is 15.1. The zero-order valence-electron chi connectivity index (χ0n) is 19.2. The Morgan fingerprint density at radius 2 is 1.72 bits per heavy atom. The molecular formula is C25H33N3O3S. The van der Waals surface area contributed by atoms with Crippen molar-refractivity contribution in [3.63, 3.8) is 0 Å². The number of aryl methyl sites for hydroxylation is 1. The normalized spacial score (nSPS) is 11.9. The number of rotatable bonds is 11. The number of amides is 1. The summed E-state index contributed by atoms with van der Waals surface area (Å²) in [6, 6.07) is 14.9. The van der Waals surface area contributed by atoms with Crippen molar-refractivity contribution in [2.24, 2.45) is 0 Å². The summed E-state index contributed by atoms with van der Waals surface area (Å²) in [6.07, 6.45) is 2.49. The molecule has 0 fully saturated rings. The van der Waals surface area contributed by atoms with E-state index < -0.39 is 9.84 Å². The van der Waals surface area contributed by atoms with Gasteiger partial charge in [0.15, 0.2) is 9.84 Å². The van der Waals surface area contributed by atoms with Crippen molar-refractivity contribution in [2.75, 3.05) is 26.2 Å². The van der Waals surface area contributed by atoms with Crippen LogP contribution in [0.15, 0.2) is 59.6 Å². The molecule has 32 heavy (non-hydrogen) atoms. The fourth-order valence-corrected chi connectivity index (χ4v) is 5.61. The summed E-state index contributed by atoms with van der Waals surface area (Å²) < 4.78 is 28.3. The van der Waals surface area contributed by atoms with Crippen molar-refractivity contribution in [3.8, 4) is 0 Å². The molecule has 3 aromatic rings. The Balaban J connectivity index is 1.76. The molecular weight excluding hydrogens is 422 g/mol. The fraction of sp³-hybridized carbons (Fsp3) is 0.400. The van der Waals surface area contributed by atoms with Crippen LogP contribution in [0.1, 0.15) is 31.4 Å². The van der Waals surface area contributed by atoms with Crippen molar-refractivity contribution < 1.29 is 13.2 Å². The molecule has 0 unspecified atom stereocenters. The van der Waals surface area contributed by atoms with Crippen molar-refractivity contribution in [3.05, 3.63) is 65.9 Å². The predicted molar refractivity (Wildman–Crippen MR) is 129 cm³/mol. The van der Waals surface area contributed by atoms with E-state index >= 15 is 0 Å². The van der Waals surface area contributed by atoms with E-state index in [2.05, 4.69) is 24.1 Å². The molecule has 0 saturated heterocycles. The maximum Gasteiger partial charge on any atom is 0.239 e. The van der Waals surface area contributed by atoms with Crippen molar-refractivity contribution >= 4 is 26.6 Å². The highest BCUT2D eigenvalue weighted by molar-refractivity contribution is 7.90. The average Bonchev–Trinajstić information content (AvgIpc) is 3.15. The smallest absolute Gasteiger partial charge is 0.239 e. The number of hydrogen-bond acceptors (Lipinski definition) is 4. The van der Waals surface area contributed by atoms with Gasteiger partial charge < -0.3 is 14.8 Å². The van der Waals surface area contributed by atoms with Gasteiger partial charge >= 0.3 is 0 Å². The molecule has 0 spiro atoms. The second-order valence-electron chi connectivity index (χ2n) is 8.05. The van der Waals surface area contributed by atoms with Gasteiger partial charge in [0.1, 0.15) is 6.54 Å². The molecule has 0 saturated carbocycles. The molecule has 7 heteroatoms. The number of nitrogens with one attached hydrogen (secondary N) is 1. The summed E-state index contributed by atoms with van der Waals surface area (Å²) in [5, 5.41) is 3.61. The molecule has 2 aromatic carbocycles. The molecule has 1 N–H and O–H groups in total. The number of fused-ring (bicyclic) bond motifs is 1. The van der Waals surface area contributed by atoms with Crippen LogP contribution in [-0.4, -0.2) is 50.0 Å². The molecule has 0 radical (unpaired) electrons. The molecule has 1 amide bonds. The third kappa shape index (κ3) is 5.78. The minimum atomic E-state index is -3.57. The molecule has 0 aliphatic heterocycles. The Hall–Kier alpha value is -2.64. The highest BCUT2D eigenvalue weighted by Crippen LogP contribution is 2.28. The third-order valence-corrected chi connectivity index (χ3v) is 7.56. The second kappa shape index (κ2) is 10.8. The summed E-state index contributed by atoms with van der Waals surface area (Å²) in [6.45, 7) is 9.81. The van der Waals surface area contributed by atoms with Gasteiger partial charge in [-0.15, -0.1) is 0 Å². The van der Waals surface area contributed by atoms with Gasteiger partial charge in [-0.2, -0.15) is 0 Å². The van der Waals surface area contributed by atoms with Crippen LogP contribution in [0.3, 0.4) is 0 Å². The van der Waals surface area contributed by atoms with Crippen LogP contribution in [0.4, 0.5) is 0 Å². The van der Waals surface area contributed by atoms with E-state index in [1.807, 2.05) is 49.4 Å². The largest absolute Gasteiger partial charge is 0.355 e. The minimum absolute atomic E-state index is 0.0643. The van der Waals surface area contributed by atoms with Crippen LogP contribution in [0.25, 0.3) is 10.9 Å². The molecule has 0 atom stereocenters. The Morgan fingerprint density at radius 1 is 1.03 bits per heavy atom. The lowest BCUT2D eigenvalue weighted by atomic mass is 10.1. The monoisotopic (exact) mass is 455 g/mol. The number of carbonyl (C=O) groups is 1. The highest BCUT2D eigenvalue weighted by atomic mass is 32.2. The van der Waals surface area contributed by atoms with Gasteiger partial charge in [-0.1, -0.05) is 56.3 Å². The van der Waals surface area contributed by atoms with E-state index in [1.54, 1.807) is 16.8 Å². The molecule has 6 nitrogen and oxygen atoms in total. The first-order valence-electron chi connectivity index (χ1n) is 11.2. The maximum atomic E-state index is 13.3. The second-order valence-corrected chi connectivity index (χ2v) is 10.0. The topological polar surface area (TPSA) is 71.4 Å². The standard InChI is InChI=1S/C25H33N3O3S/c1-4-27(5-2)16-10-15-26-25(29)18-28-17-24(22-13-8-9-14-23(22)28)32(30,31)19-21-12-7-6-11-20(21)3/h6-9,11-14,17H,4-5,10,15-16,18-19H2,1-3H3,(H,26,29). The van der Waals surface area contributed by atoms with Crippen molar-refractivity contribution in [2.45, 2.75) is 44.4 Å². The highest BCUT2D eigenvalue weighted by Gasteiger charge is 2.23. The minimum Gasteiger partial charge on any atom is -0.355 e. The van der Waals surface area contributed by atoms with Crippen LogP contribution in [0.5, 0.6) is 0 Å². The molecule has 0 aliphatic rings. The van der Waals surface area contributed by atoms with Crippen LogP contribution in [0, 0.1) is 6.92 Å². The number of benzene rings is 2. The van der Waals surface area contributed by atoms with E-state index in [-0.39, 0.29) is 23.1 Å². The maximum absolute atomic E-state index is 13.3. The zero-order valence-corrected chi connectivity index (χ0v) is 20.0. The number of carbonyl (C=O) groups excluding carboxylic acids is 1. The number of para-hydroxylation sites is 1. The SMILES string of the molecule is CCN(CC)CCCNC(=O)Cn1cc(S(=O)(=O)Cc2ccccc2C)c2ccccc21. The zero-order chi connectivity index (χ0) is 23.1. The van der Waals surface area contributed by atoms with Crippen molar-refractivity contribution in [1.82, 2.24) is 14.8 Å². The van der Waals surface area contributed by atoms with Crippen LogP contribution < -0.4 is 5.32 Å². The van der Waals surface area contributed by atoms with Crippen LogP contribution in [0.2, 0.25) is 0 Å². The number of aromatic nitrogens is 1. The van der Waals surface area contributed by atoms with E-state index in [4.69, 9.17) is 0 Å². The van der Waals surface area contributed by atoms with Gasteiger partial charge in [0.05, 0.1) is 10.6 Å². The van der Waals surface area contributed by atoms with E-state index in [0.717, 1.165) is 42.7 Å².